The fraction of sp³-hybridized carbons (Fsp3) is 0.0476. The van der Waals surface area contributed by atoms with Gasteiger partial charge in [-0.2, -0.15) is 0 Å². The molecule has 0 radical (unpaired) electrons. The quantitative estimate of drug-likeness (QED) is 0.354. The number of rotatable bonds is 5. The molecule has 0 unspecified atom stereocenters. The van der Waals surface area contributed by atoms with E-state index in [0.29, 0.717) is 22.8 Å². The number of aromatic amines is 1. The predicted octanol–water partition coefficient (Wildman–Crippen LogP) is 3.65. The number of methoxy groups -OCH3 is 1. The Morgan fingerprint density at radius 1 is 1.00 bits per heavy atom. The lowest BCUT2D eigenvalue weighted by Gasteiger charge is -2.14. The molecule has 0 amide bonds. The number of tetrazole rings is 1. The van der Waals surface area contributed by atoms with Gasteiger partial charge in [0.25, 0.3) is 0 Å². The number of carbonyl (C=O) groups excluding carboxylic acids is 1. The second-order valence-corrected chi connectivity index (χ2v) is 6.26. The number of anilines is 3. The lowest BCUT2D eigenvalue weighted by molar-refractivity contribution is 0.0602. The van der Waals surface area contributed by atoms with Crippen LogP contribution in [0.4, 0.5) is 17.1 Å². The predicted molar refractivity (Wildman–Crippen MR) is 111 cm³/mol. The summed E-state index contributed by atoms with van der Waals surface area (Å²) in [7, 11) is 1.34. The average Bonchev–Trinajstić information content (AvgIpc) is 3.30. The van der Waals surface area contributed by atoms with Crippen LogP contribution in [0.2, 0.25) is 0 Å². The Bertz CT molecular complexity index is 1140. The Hall–Kier alpha value is -4.20. The first-order valence-corrected chi connectivity index (χ1v) is 8.85. The van der Waals surface area contributed by atoms with E-state index in [1.54, 1.807) is 18.2 Å². The molecule has 1 heterocycles. The molecule has 3 aromatic carbocycles. The first-order valence-electron chi connectivity index (χ1n) is 8.85. The van der Waals surface area contributed by atoms with Crippen LogP contribution in [0.1, 0.15) is 10.4 Å². The molecule has 0 aliphatic carbocycles. The standard InChI is InChI=1S/C21H18N6O2/c1-29-21(28)17-7-4-8-18(22)19(17)23-14-11-9-13(10-12-14)15-5-2-3-6-16(15)20-24-26-27-25-20/h2-12,23H,22H2,1H3,(H,24,25,26,27). The molecule has 0 atom stereocenters. The van der Waals surface area contributed by atoms with E-state index in [0.717, 1.165) is 22.4 Å². The van der Waals surface area contributed by atoms with Crippen molar-refractivity contribution >= 4 is 23.0 Å². The molecule has 4 N–H and O–H groups in total. The third-order valence-electron chi connectivity index (χ3n) is 4.49. The number of para-hydroxylation sites is 1. The molecule has 0 saturated heterocycles. The first-order chi connectivity index (χ1) is 14.2. The summed E-state index contributed by atoms with van der Waals surface area (Å²) >= 11 is 0. The highest BCUT2D eigenvalue weighted by molar-refractivity contribution is 6.00. The van der Waals surface area contributed by atoms with Crippen LogP contribution < -0.4 is 11.1 Å². The fourth-order valence-electron chi connectivity index (χ4n) is 3.08. The van der Waals surface area contributed by atoms with Crippen molar-refractivity contribution in [2.75, 3.05) is 18.2 Å². The SMILES string of the molecule is COC(=O)c1cccc(N)c1Nc1ccc(-c2ccccc2-c2nnn[nH]2)cc1. The highest BCUT2D eigenvalue weighted by Gasteiger charge is 2.15. The van der Waals surface area contributed by atoms with Gasteiger partial charge in [0.05, 0.1) is 24.0 Å². The number of benzene rings is 3. The number of H-pyrrole nitrogens is 1. The molecule has 0 spiro atoms. The van der Waals surface area contributed by atoms with E-state index in [4.69, 9.17) is 10.5 Å². The van der Waals surface area contributed by atoms with E-state index < -0.39 is 5.97 Å². The molecular formula is C21H18N6O2. The first kappa shape index (κ1) is 18.2. The number of hydrogen-bond donors (Lipinski definition) is 3. The third-order valence-corrected chi connectivity index (χ3v) is 4.49. The summed E-state index contributed by atoms with van der Waals surface area (Å²) in [6.45, 7) is 0. The van der Waals surface area contributed by atoms with Gasteiger partial charge in [0.1, 0.15) is 0 Å². The van der Waals surface area contributed by atoms with Gasteiger partial charge in [0.2, 0.25) is 0 Å². The Labute approximate surface area is 166 Å². The van der Waals surface area contributed by atoms with E-state index >= 15 is 0 Å². The van der Waals surface area contributed by atoms with Crippen LogP contribution in [-0.4, -0.2) is 33.7 Å². The maximum absolute atomic E-state index is 12.0. The molecule has 8 heteroatoms. The monoisotopic (exact) mass is 386 g/mol. The van der Waals surface area contributed by atoms with Gasteiger partial charge >= 0.3 is 5.97 Å². The molecular weight excluding hydrogens is 368 g/mol. The maximum atomic E-state index is 12.0. The van der Waals surface area contributed by atoms with E-state index in [9.17, 15) is 4.79 Å². The lowest BCUT2D eigenvalue weighted by Crippen LogP contribution is -2.07. The minimum absolute atomic E-state index is 0.375. The summed E-state index contributed by atoms with van der Waals surface area (Å²) in [5, 5.41) is 17.3. The largest absolute Gasteiger partial charge is 0.465 e. The summed E-state index contributed by atoms with van der Waals surface area (Å²) in [4.78, 5) is 12.0. The number of ether oxygens (including phenoxy) is 1. The number of aromatic nitrogens is 4. The van der Waals surface area contributed by atoms with Crippen molar-refractivity contribution in [3.8, 4) is 22.5 Å². The molecule has 29 heavy (non-hydrogen) atoms. The maximum Gasteiger partial charge on any atom is 0.340 e. The van der Waals surface area contributed by atoms with Crippen LogP contribution in [0.25, 0.3) is 22.5 Å². The van der Waals surface area contributed by atoms with Gasteiger partial charge in [-0.1, -0.05) is 42.5 Å². The Kier molecular flexibility index (Phi) is 4.90. The van der Waals surface area contributed by atoms with Gasteiger partial charge in [-0.25, -0.2) is 9.89 Å². The van der Waals surface area contributed by atoms with Crippen molar-refractivity contribution in [1.82, 2.24) is 20.6 Å². The summed E-state index contributed by atoms with van der Waals surface area (Å²) in [6, 6.07) is 20.7. The summed E-state index contributed by atoms with van der Waals surface area (Å²) in [6.07, 6.45) is 0. The van der Waals surface area contributed by atoms with Crippen molar-refractivity contribution in [3.63, 3.8) is 0 Å². The van der Waals surface area contributed by atoms with Crippen LogP contribution in [0.3, 0.4) is 0 Å². The summed E-state index contributed by atoms with van der Waals surface area (Å²) < 4.78 is 4.84. The molecule has 144 valence electrons. The highest BCUT2D eigenvalue weighted by Crippen LogP contribution is 2.32. The highest BCUT2D eigenvalue weighted by atomic mass is 16.5. The van der Waals surface area contributed by atoms with Gasteiger partial charge in [0.15, 0.2) is 5.82 Å². The van der Waals surface area contributed by atoms with E-state index in [-0.39, 0.29) is 0 Å². The van der Waals surface area contributed by atoms with Gasteiger partial charge in [-0.3, -0.25) is 0 Å². The van der Waals surface area contributed by atoms with E-state index in [1.165, 1.54) is 7.11 Å². The number of carbonyl (C=O) groups is 1. The zero-order valence-electron chi connectivity index (χ0n) is 15.6. The normalized spacial score (nSPS) is 10.5. The third kappa shape index (κ3) is 3.63. The van der Waals surface area contributed by atoms with Crippen molar-refractivity contribution < 1.29 is 9.53 Å². The zero-order valence-corrected chi connectivity index (χ0v) is 15.6. The van der Waals surface area contributed by atoms with Gasteiger partial charge in [-0.05, 0) is 45.8 Å². The Morgan fingerprint density at radius 2 is 1.76 bits per heavy atom. The number of nitrogen functional groups attached to an aromatic ring is 1. The minimum atomic E-state index is -0.453. The smallest absolute Gasteiger partial charge is 0.340 e. The average molecular weight is 386 g/mol. The second kappa shape index (κ2) is 7.81. The van der Waals surface area contributed by atoms with Crippen LogP contribution in [0.5, 0.6) is 0 Å². The molecule has 0 bridgehead atoms. The number of hydrogen-bond acceptors (Lipinski definition) is 7. The summed E-state index contributed by atoms with van der Waals surface area (Å²) in [5.41, 5.74) is 11.1. The molecule has 0 aliphatic rings. The van der Waals surface area contributed by atoms with Crippen LogP contribution in [-0.2, 0) is 4.74 Å². The van der Waals surface area contributed by atoms with E-state index in [1.807, 2.05) is 48.5 Å². The number of nitrogens with one attached hydrogen (secondary N) is 2. The lowest BCUT2D eigenvalue weighted by atomic mass is 9.99. The zero-order chi connectivity index (χ0) is 20.2. The number of nitrogens with zero attached hydrogens (tertiary/aromatic N) is 3. The Balaban J connectivity index is 1.65. The van der Waals surface area contributed by atoms with Crippen molar-refractivity contribution in [3.05, 3.63) is 72.3 Å². The summed E-state index contributed by atoms with van der Waals surface area (Å²) in [5.74, 6) is 0.147. The van der Waals surface area contributed by atoms with Gasteiger partial charge in [0, 0.05) is 11.3 Å². The van der Waals surface area contributed by atoms with Gasteiger partial charge in [-0.15, -0.1) is 5.10 Å². The molecule has 0 saturated carbocycles. The Morgan fingerprint density at radius 3 is 2.45 bits per heavy atom. The molecule has 8 nitrogen and oxygen atoms in total. The van der Waals surface area contributed by atoms with Crippen molar-refractivity contribution in [2.24, 2.45) is 0 Å². The molecule has 4 aromatic rings. The number of esters is 1. The molecule has 1 aromatic heterocycles. The van der Waals surface area contributed by atoms with Crippen LogP contribution in [0.15, 0.2) is 66.7 Å². The number of nitrogens with two attached hydrogens (primary N) is 1. The van der Waals surface area contributed by atoms with E-state index in [2.05, 4.69) is 25.9 Å². The topological polar surface area (TPSA) is 119 Å². The molecule has 4 rings (SSSR count). The van der Waals surface area contributed by atoms with Gasteiger partial charge < -0.3 is 15.8 Å². The molecule has 0 aliphatic heterocycles. The van der Waals surface area contributed by atoms with Crippen molar-refractivity contribution in [2.45, 2.75) is 0 Å². The fourth-order valence-corrected chi connectivity index (χ4v) is 3.08. The van der Waals surface area contributed by atoms with Crippen LogP contribution >= 0.6 is 0 Å². The molecule has 0 fully saturated rings. The van der Waals surface area contributed by atoms with Crippen molar-refractivity contribution in [1.29, 1.82) is 0 Å². The minimum Gasteiger partial charge on any atom is -0.465 e. The second-order valence-electron chi connectivity index (χ2n) is 6.26. The van der Waals surface area contributed by atoms with Crippen LogP contribution in [0, 0.1) is 0 Å².